The van der Waals surface area contributed by atoms with E-state index in [1.54, 1.807) is 6.20 Å². The third-order valence-electron chi connectivity index (χ3n) is 2.75. The summed E-state index contributed by atoms with van der Waals surface area (Å²) in [4.78, 5) is 8.37. The van der Waals surface area contributed by atoms with Crippen LogP contribution in [-0.4, -0.2) is 21.7 Å². The Morgan fingerprint density at radius 3 is 2.67 bits per heavy atom. The lowest BCUT2D eigenvalue weighted by molar-refractivity contribution is 0.243. The highest BCUT2D eigenvalue weighted by atomic mass is 16.3. The molecule has 2 aromatic rings. The zero-order valence-corrected chi connectivity index (χ0v) is 10.4. The minimum absolute atomic E-state index is 0.0636. The van der Waals surface area contributed by atoms with E-state index in [0.717, 1.165) is 17.1 Å². The SMILES string of the molecule is Cc1nccc(CN[C@H](CO)c2ccccc2)n1. The number of benzene rings is 1. The molecule has 0 aliphatic carbocycles. The molecular formula is C14H17N3O. The van der Waals surface area contributed by atoms with Gasteiger partial charge in [-0.25, -0.2) is 9.97 Å². The number of aryl methyl sites for hydroxylation is 1. The Morgan fingerprint density at radius 1 is 1.22 bits per heavy atom. The summed E-state index contributed by atoms with van der Waals surface area (Å²) in [6.07, 6.45) is 1.75. The standard InChI is InChI=1S/C14H17N3O/c1-11-15-8-7-13(17-11)9-16-14(10-18)12-5-3-2-4-6-12/h2-8,14,16,18H,9-10H2,1H3/t14-/m1/s1. The van der Waals surface area contributed by atoms with Gasteiger partial charge in [0.2, 0.25) is 0 Å². The zero-order valence-electron chi connectivity index (χ0n) is 10.4. The highest BCUT2D eigenvalue weighted by Gasteiger charge is 2.09. The van der Waals surface area contributed by atoms with Gasteiger partial charge in [0.05, 0.1) is 18.3 Å². The van der Waals surface area contributed by atoms with Crippen molar-refractivity contribution < 1.29 is 5.11 Å². The van der Waals surface area contributed by atoms with Crippen LogP contribution in [-0.2, 0) is 6.54 Å². The molecular weight excluding hydrogens is 226 g/mol. The lowest BCUT2D eigenvalue weighted by Crippen LogP contribution is -2.24. The smallest absolute Gasteiger partial charge is 0.125 e. The highest BCUT2D eigenvalue weighted by Crippen LogP contribution is 2.12. The van der Waals surface area contributed by atoms with Crippen molar-refractivity contribution in [3.8, 4) is 0 Å². The van der Waals surface area contributed by atoms with Gasteiger partial charge in [-0.2, -0.15) is 0 Å². The summed E-state index contributed by atoms with van der Waals surface area (Å²) in [5.41, 5.74) is 2.00. The summed E-state index contributed by atoms with van der Waals surface area (Å²) < 4.78 is 0. The van der Waals surface area contributed by atoms with Crippen LogP contribution in [0, 0.1) is 6.92 Å². The Morgan fingerprint density at radius 2 is 2.00 bits per heavy atom. The molecule has 1 atom stereocenters. The number of hydrogen-bond donors (Lipinski definition) is 2. The van der Waals surface area contributed by atoms with Crippen molar-refractivity contribution in [2.75, 3.05) is 6.61 Å². The van der Waals surface area contributed by atoms with Gasteiger partial charge in [0, 0.05) is 12.7 Å². The van der Waals surface area contributed by atoms with Gasteiger partial charge in [0.25, 0.3) is 0 Å². The van der Waals surface area contributed by atoms with Gasteiger partial charge in [-0.3, -0.25) is 0 Å². The fourth-order valence-electron chi connectivity index (χ4n) is 1.80. The molecule has 4 heteroatoms. The van der Waals surface area contributed by atoms with Crippen LogP contribution in [0.25, 0.3) is 0 Å². The Bertz CT molecular complexity index is 487. The lowest BCUT2D eigenvalue weighted by Gasteiger charge is -2.16. The Balaban J connectivity index is 2.00. The van der Waals surface area contributed by atoms with E-state index in [1.807, 2.05) is 43.3 Å². The molecule has 0 amide bonds. The number of aliphatic hydroxyl groups is 1. The topological polar surface area (TPSA) is 58.0 Å². The minimum atomic E-state index is -0.0681. The van der Waals surface area contributed by atoms with E-state index in [0.29, 0.717) is 6.54 Å². The molecule has 0 spiro atoms. The summed E-state index contributed by atoms with van der Waals surface area (Å²) in [6, 6.07) is 11.7. The molecule has 0 unspecified atom stereocenters. The van der Waals surface area contributed by atoms with Crippen molar-refractivity contribution in [1.29, 1.82) is 0 Å². The van der Waals surface area contributed by atoms with Crippen LogP contribution < -0.4 is 5.32 Å². The van der Waals surface area contributed by atoms with Crippen molar-refractivity contribution in [2.45, 2.75) is 19.5 Å². The van der Waals surface area contributed by atoms with Crippen LogP contribution in [0.5, 0.6) is 0 Å². The largest absolute Gasteiger partial charge is 0.394 e. The van der Waals surface area contributed by atoms with Gasteiger partial charge >= 0.3 is 0 Å². The molecule has 18 heavy (non-hydrogen) atoms. The molecule has 0 saturated heterocycles. The van der Waals surface area contributed by atoms with Crippen LogP contribution in [0.4, 0.5) is 0 Å². The van der Waals surface area contributed by atoms with E-state index in [2.05, 4.69) is 15.3 Å². The number of aromatic nitrogens is 2. The summed E-state index contributed by atoms with van der Waals surface area (Å²) in [6.45, 7) is 2.54. The Kier molecular flexibility index (Phi) is 4.39. The van der Waals surface area contributed by atoms with Gasteiger partial charge in [-0.1, -0.05) is 30.3 Å². The van der Waals surface area contributed by atoms with Gasteiger partial charge in [-0.05, 0) is 18.6 Å². The monoisotopic (exact) mass is 243 g/mol. The first-order valence-electron chi connectivity index (χ1n) is 5.97. The maximum absolute atomic E-state index is 9.42. The molecule has 0 saturated carbocycles. The summed E-state index contributed by atoms with van der Waals surface area (Å²) in [5, 5.41) is 12.7. The molecule has 94 valence electrons. The predicted molar refractivity (Wildman–Crippen MR) is 69.9 cm³/mol. The maximum atomic E-state index is 9.42. The summed E-state index contributed by atoms with van der Waals surface area (Å²) >= 11 is 0. The fraction of sp³-hybridized carbons (Fsp3) is 0.286. The third kappa shape index (κ3) is 3.35. The second-order valence-corrected chi connectivity index (χ2v) is 4.12. The van der Waals surface area contributed by atoms with Gasteiger partial charge < -0.3 is 10.4 Å². The first kappa shape index (κ1) is 12.7. The van der Waals surface area contributed by atoms with Crippen molar-refractivity contribution in [1.82, 2.24) is 15.3 Å². The molecule has 1 heterocycles. The normalized spacial score (nSPS) is 12.3. The fourth-order valence-corrected chi connectivity index (χ4v) is 1.80. The number of hydrogen-bond acceptors (Lipinski definition) is 4. The molecule has 0 radical (unpaired) electrons. The highest BCUT2D eigenvalue weighted by molar-refractivity contribution is 5.19. The average molecular weight is 243 g/mol. The quantitative estimate of drug-likeness (QED) is 0.837. The van der Waals surface area contributed by atoms with Crippen LogP contribution in [0.2, 0.25) is 0 Å². The van der Waals surface area contributed by atoms with E-state index >= 15 is 0 Å². The predicted octanol–water partition coefficient (Wildman–Crippen LogP) is 1.61. The van der Waals surface area contributed by atoms with Gasteiger partial charge in [0.15, 0.2) is 0 Å². The van der Waals surface area contributed by atoms with E-state index in [1.165, 1.54) is 0 Å². The second-order valence-electron chi connectivity index (χ2n) is 4.12. The van der Waals surface area contributed by atoms with Crippen molar-refractivity contribution in [2.24, 2.45) is 0 Å². The van der Waals surface area contributed by atoms with Crippen molar-refractivity contribution in [3.63, 3.8) is 0 Å². The van der Waals surface area contributed by atoms with E-state index in [4.69, 9.17) is 0 Å². The molecule has 0 fully saturated rings. The first-order valence-corrected chi connectivity index (χ1v) is 5.97. The maximum Gasteiger partial charge on any atom is 0.125 e. The van der Waals surface area contributed by atoms with Gasteiger partial charge in [-0.15, -0.1) is 0 Å². The van der Waals surface area contributed by atoms with Crippen LogP contribution in [0.3, 0.4) is 0 Å². The molecule has 2 N–H and O–H groups in total. The second kappa shape index (κ2) is 6.23. The molecule has 0 bridgehead atoms. The zero-order chi connectivity index (χ0) is 12.8. The molecule has 1 aromatic carbocycles. The van der Waals surface area contributed by atoms with E-state index in [-0.39, 0.29) is 12.6 Å². The van der Waals surface area contributed by atoms with Crippen molar-refractivity contribution >= 4 is 0 Å². The van der Waals surface area contributed by atoms with E-state index in [9.17, 15) is 5.11 Å². The molecule has 4 nitrogen and oxygen atoms in total. The Hall–Kier alpha value is -1.78. The number of nitrogens with one attached hydrogen (secondary N) is 1. The van der Waals surface area contributed by atoms with Crippen LogP contribution >= 0.6 is 0 Å². The van der Waals surface area contributed by atoms with Gasteiger partial charge in [0.1, 0.15) is 5.82 Å². The van der Waals surface area contributed by atoms with Crippen LogP contribution in [0.1, 0.15) is 23.1 Å². The van der Waals surface area contributed by atoms with Crippen molar-refractivity contribution in [3.05, 3.63) is 59.7 Å². The molecule has 0 aliphatic rings. The lowest BCUT2D eigenvalue weighted by atomic mass is 10.1. The van der Waals surface area contributed by atoms with E-state index < -0.39 is 0 Å². The number of aliphatic hydroxyl groups excluding tert-OH is 1. The Labute approximate surface area is 107 Å². The molecule has 0 aliphatic heterocycles. The summed E-state index contributed by atoms with van der Waals surface area (Å²) in [7, 11) is 0. The summed E-state index contributed by atoms with van der Waals surface area (Å²) in [5.74, 6) is 0.759. The average Bonchev–Trinajstić information content (AvgIpc) is 2.41. The molecule has 1 aromatic heterocycles. The molecule has 2 rings (SSSR count). The third-order valence-corrected chi connectivity index (χ3v) is 2.75. The number of rotatable bonds is 5. The van der Waals surface area contributed by atoms with Crippen LogP contribution in [0.15, 0.2) is 42.6 Å². The minimum Gasteiger partial charge on any atom is -0.394 e. The first-order chi connectivity index (χ1) is 8.79. The number of nitrogens with zero attached hydrogens (tertiary/aromatic N) is 2.